The minimum Gasteiger partial charge on any atom is -0.232 e. The lowest BCUT2D eigenvalue weighted by Crippen LogP contribution is -2.32. The van der Waals surface area contributed by atoms with Crippen molar-refractivity contribution in [3.05, 3.63) is 46.3 Å². The average Bonchev–Trinajstić information content (AvgIpc) is 3.18. The smallest absolute Gasteiger partial charge is 0.232 e. The molecule has 8 heteroatoms. The molecule has 0 N–H and O–H groups in total. The van der Waals surface area contributed by atoms with Crippen LogP contribution in [0.2, 0.25) is 4.47 Å². The zero-order valence-corrected chi connectivity index (χ0v) is 13.3. The standard InChI is InChI=1S/C13H12ClFN2O2S2/c14-13-16-7-12(20-13)21(18,19)17(10-5-6-10)8-9-3-1-2-4-11(9)15/h1-4,7,10H,5-6,8H2. The summed E-state index contributed by atoms with van der Waals surface area (Å²) in [6.07, 6.45) is 2.83. The van der Waals surface area contributed by atoms with Gasteiger partial charge in [0.2, 0.25) is 0 Å². The Morgan fingerprint density at radius 1 is 1.38 bits per heavy atom. The predicted octanol–water partition coefficient (Wildman–Crippen LogP) is 3.29. The van der Waals surface area contributed by atoms with E-state index in [0.29, 0.717) is 5.56 Å². The Balaban J connectivity index is 1.94. The highest BCUT2D eigenvalue weighted by Crippen LogP contribution is 2.35. The molecule has 0 amide bonds. The van der Waals surface area contributed by atoms with E-state index in [9.17, 15) is 12.8 Å². The molecule has 1 fully saturated rings. The van der Waals surface area contributed by atoms with Crippen molar-refractivity contribution in [1.29, 1.82) is 0 Å². The molecule has 0 aliphatic heterocycles. The summed E-state index contributed by atoms with van der Waals surface area (Å²) in [6, 6.07) is 6.13. The van der Waals surface area contributed by atoms with Gasteiger partial charge < -0.3 is 0 Å². The Morgan fingerprint density at radius 2 is 2.10 bits per heavy atom. The Labute approximate surface area is 131 Å². The van der Waals surface area contributed by atoms with Crippen LogP contribution >= 0.6 is 22.9 Å². The molecule has 1 aromatic heterocycles. The van der Waals surface area contributed by atoms with Crippen molar-refractivity contribution in [2.45, 2.75) is 29.6 Å². The van der Waals surface area contributed by atoms with E-state index in [2.05, 4.69) is 4.98 Å². The van der Waals surface area contributed by atoms with E-state index in [1.54, 1.807) is 18.2 Å². The number of aromatic nitrogens is 1. The summed E-state index contributed by atoms with van der Waals surface area (Å²) in [6.45, 7) is 0.0230. The number of nitrogens with zero attached hydrogens (tertiary/aromatic N) is 2. The minimum absolute atomic E-state index is 0.0230. The number of sulfonamides is 1. The van der Waals surface area contributed by atoms with E-state index >= 15 is 0 Å². The van der Waals surface area contributed by atoms with Gasteiger partial charge in [0, 0.05) is 18.2 Å². The van der Waals surface area contributed by atoms with Crippen LogP contribution in [0.1, 0.15) is 18.4 Å². The summed E-state index contributed by atoms with van der Waals surface area (Å²) < 4.78 is 40.7. The third-order valence-corrected chi connectivity index (χ3v) is 6.71. The van der Waals surface area contributed by atoms with Crippen LogP contribution in [0.15, 0.2) is 34.7 Å². The summed E-state index contributed by atoms with van der Waals surface area (Å²) >= 11 is 6.63. The third kappa shape index (κ3) is 3.11. The highest BCUT2D eigenvalue weighted by molar-refractivity contribution is 7.91. The fourth-order valence-corrected chi connectivity index (χ4v) is 5.13. The highest BCUT2D eigenvalue weighted by Gasteiger charge is 2.39. The molecule has 1 heterocycles. The fourth-order valence-electron chi connectivity index (χ4n) is 2.04. The average molecular weight is 347 g/mol. The zero-order valence-electron chi connectivity index (χ0n) is 10.9. The SMILES string of the molecule is O=S(=O)(c1cnc(Cl)s1)N(Cc1ccccc1F)C1CC1. The van der Waals surface area contributed by atoms with Crippen LogP contribution < -0.4 is 0 Å². The Hall–Kier alpha value is -1.02. The number of hydrogen-bond donors (Lipinski definition) is 0. The maximum absolute atomic E-state index is 13.8. The van der Waals surface area contributed by atoms with Crippen molar-refractivity contribution in [3.8, 4) is 0 Å². The number of rotatable bonds is 5. The number of benzene rings is 1. The summed E-state index contributed by atoms with van der Waals surface area (Å²) in [7, 11) is -3.69. The second kappa shape index (κ2) is 5.64. The van der Waals surface area contributed by atoms with E-state index in [1.807, 2.05) is 0 Å². The maximum atomic E-state index is 13.8. The van der Waals surface area contributed by atoms with Crippen LogP contribution in [0.25, 0.3) is 0 Å². The molecular weight excluding hydrogens is 335 g/mol. The van der Waals surface area contributed by atoms with Gasteiger partial charge >= 0.3 is 0 Å². The maximum Gasteiger partial charge on any atom is 0.254 e. The van der Waals surface area contributed by atoms with Crippen LogP contribution in [0.5, 0.6) is 0 Å². The van der Waals surface area contributed by atoms with Gasteiger partial charge in [0.05, 0.1) is 6.20 Å². The highest BCUT2D eigenvalue weighted by atomic mass is 35.5. The fraction of sp³-hybridized carbons (Fsp3) is 0.308. The molecule has 112 valence electrons. The predicted molar refractivity (Wildman–Crippen MR) is 79.3 cm³/mol. The summed E-state index contributed by atoms with van der Waals surface area (Å²) in [5, 5.41) is 0. The van der Waals surface area contributed by atoms with Crippen LogP contribution in [-0.2, 0) is 16.6 Å². The number of halogens is 2. The Bertz CT molecular complexity index is 759. The van der Waals surface area contributed by atoms with Crippen LogP contribution in [0.3, 0.4) is 0 Å². The van der Waals surface area contributed by atoms with E-state index in [-0.39, 0.29) is 21.3 Å². The van der Waals surface area contributed by atoms with E-state index < -0.39 is 15.8 Å². The first kappa shape index (κ1) is 14.9. The largest absolute Gasteiger partial charge is 0.254 e. The lowest BCUT2D eigenvalue weighted by atomic mass is 10.2. The molecule has 0 spiro atoms. The Kier molecular flexibility index (Phi) is 4.00. The summed E-state index contributed by atoms with van der Waals surface area (Å²) in [5.41, 5.74) is 0.364. The van der Waals surface area contributed by atoms with Crippen molar-refractivity contribution < 1.29 is 12.8 Å². The number of hydrogen-bond acceptors (Lipinski definition) is 4. The molecule has 1 saturated carbocycles. The molecular formula is C13H12ClFN2O2S2. The summed E-state index contributed by atoms with van der Waals surface area (Å²) in [5.74, 6) is -0.402. The molecule has 21 heavy (non-hydrogen) atoms. The lowest BCUT2D eigenvalue weighted by Gasteiger charge is -2.21. The second-order valence-electron chi connectivity index (χ2n) is 4.81. The van der Waals surface area contributed by atoms with Crippen molar-refractivity contribution in [2.75, 3.05) is 0 Å². The van der Waals surface area contributed by atoms with Gasteiger partial charge in [0.15, 0.2) is 8.68 Å². The quantitative estimate of drug-likeness (QED) is 0.834. The molecule has 0 unspecified atom stereocenters. The van der Waals surface area contributed by atoms with Gasteiger partial charge in [-0.1, -0.05) is 41.1 Å². The van der Waals surface area contributed by atoms with Crippen molar-refractivity contribution >= 4 is 33.0 Å². The van der Waals surface area contributed by atoms with Gasteiger partial charge in [-0.15, -0.1) is 0 Å². The van der Waals surface area contributed by atoms with Gasteiger partial charge in [0.25, 0.3) is 10.0 Å². The second-order valence-corrected chi connectivity index (χ2v) is 8.54. The molecule has 2 aromatic rings. The van der Waals surface area contributed by atoms with Gasteiger partial charge in [0.1, 0.15) is 5.82 Å². The van der Waals surface area contributed by atoms with Crippen LogP contribution in [0.4, 0.5) is 4.39 Å². The minimum atomic E-state index is -3.69. The van der Waals surface area contributed by atoms with E-state index in [0.717, 1.165) is 24.2 Å². The van der Waals surface area contributed by atoms with E-state index in [4.69, 9.17) is 11.6 Å². The molecule has 0 radical (unpaired) electrons. The topological polar surface area (TPSA) is 50.3 Å². The molecule has 3 rings (SSSR count). The summed E-state index contributed by atoms with van der Waals surface area (Å²) in [4.78, 5) is 3.77. The van der Waals surface area contributed by atoms with Gasteiger partial charge in [-0.05, 0) is 18.9 Å². The van der Waals surface area contributed by atoms with Crippen LogP contribution in [-0.4, -0.2) is 23.7 Å². The van der Waals surface area contributed by atoms with Crippen molar-refractivity contribution in [3.63, 3.8) is 0 Å². The van der Waals surface area contributed by atoms with Crippen molar-refractivity contribution in [2.24, 2.45) is 0 Å². The molecule has 1 aromatic carbocycles. The van der Waals surface area contributed by atoms with Gasteiger partial charge in [-0.3, -0.25) is 0 Å². The Morgan fingerprint density at radius 3 is 2.67 bits per heavy atom. The number of thiazole rings is 1. The first-order valence-corrected chi connectivity index (χ1v) is 8.98. The molecule has 0 saturated heterocycles. The normalized spacial score (nSPS) is 15.6. The van der Waals surface area contributed by atoms with Crippen molar-refractivity contribution in [1.82, 2.24) is 9.29 Å². The first-order valence-electron chi connectivity index (χ1n) is 6.35. The first-order chi connectivity index (χ1) is 9.98. The molecule has 0 atom stereocenters. The molecule has 0 bridgehead atoms. The van der Waals surface area contributed by atoms with Gasteiger partial charge in [-0.25, -0.2) is 17.8 Å². The zero-order chi connectivity index (χ0) is 15.0. The van der Waals surface area contributed by atoms with Crippen LogP contribution in [0, 0.1) is 5.82 Å². The molecule has 4 nitrogen and oxygen atoms in total. The third-order valence-electron chi connectivity index (χ3n) is 3.26. The van der Waals surface area contributed by atoms with Gasteiger partial charge in [-0.2, -0.15) is 4.31 Å². The molecule has 1 aliphatic carbocycles. The van der Waals surface area contributed by atoms with E-state index in [1.165, 1.54) is 16.6 Å². The lowest BCUT2D eigenvalue weighted by molar-refractivity contribution is 0.392. The molecule has 1 aliphatic rings. The monoisotopic (exact) mass is 346 g/mol.